The van der Waals surface area contributed by atoms with E-state index in [9.17, 15) is 9.18 Å². The van der Waals surface area contributed by atoms with Crippen molar-refractivity contribution in [3.8, 4) is 5.69 Å². The third-order valence-electron chi connectivity index (χ3n) is 6.18. The van der Waals surface area contributed by atoms with E-state index >= 15 is 0 Å². The highest BCUT2D eigenvalue weighted by Gasteiger charge is 2.36. The van der Waals surface area contributed by atoms with Crippen molar-refractivity contribution in [2.45, 2.75) is 32.7 Å². The third-order valence-corrected chi connectivity index (χ3v) is 6.18. The molecule has 0 aliphatic heterocycles. The Bertz CT molecular complexity index is 1110. The Labute approximate surface area is 181 Å². The van der Waals surface area contributed by atoms with E-state index in [1.165, 1.54) is 24.8 Å². The first kappa shape index (κ1) is 20.8. The molecule has 1 aliphatic rings. The lowest BCUT2D eigenvalue weighted by Crippen LogP contribution is -2.35. The summed E-state index contributed by atoms with van der Waals surface area (Å²) in [6, 6.07) is 16.1. The zero-order valence-electron chi connectivity index (χ0n) is 17.9. The highest BCUT2D eigenvalue weighted by molar-refractivity contribution is 5.68. The van der Waals surface area contributed by atoms with Crippen LogP contribution in [0.2, 0.25) is 0 Å². The van der Waals surface area contributed by atoms with E-state index in [2.05, 4.69) is 30.3 Å². The number of allylic oxidation sites excluding steroid dienone is 1. The second-order valence-corrected chi connectivity index (χ2v) is 8.31. The third kappa shape index (κ3) is 4.24. The quantitative estimate of drug-likeness (QED) is 0.597. The molecule has 3 aromatic rings. The number of methoxy groups -OCH3 is 1. The molecule has 5 nitrogen and oxygen atoms in total. The van der Waals surface area contributed by atoms with Crippen LogP contribution < -0.4 is 5.32 Å². The minimum Gasteiger partial charge on any atom is -0.453 e. The van der Waals surface area contributed by atoms with Crippen LogP contribution in [-0.2, 0) is 11.2 Å². The smallest absolute Gasteiger partial charge is 0.407 e. The number of alkyl carbamates (subject to hydrolysis) is 1. The standard InChI is InChI=1S/C25H26FN3O2/c1-17-13-23-19(16-27-29(23)21-11-9-20(26)10-12-21)14-25(17,2)15-22(28-24(30)31-3)18-7-5-4-6-8-18/h4-13,16,22H,14-15H2,1-3H3,(H,28,30)/t22?,25-/m1/s1. The van der Waals surface area contributed by atoms with Crippen LogP contribution in [0, 0.1) is 11.2 Å². The van der Waals surface area contributed by atoms with E-state index in [-0.39, 0.29) is 17.3 Å². The fourth-order valence-corrected chi connectivity index (χ4v) is 4.23. The first-order chi connectivity index (χ1) is 14.9. The first-order valence-electron chi connectivity index (χ1n) is 10.3. The van der Waals surface area contributed by atoms with Gasteiger partial charge in [0.25, 0.3) is 0 Å². The fraction of sp³-hybridized carbons (Fsp3) is 0.280. The van der Waals surface area contributed by atoms with Gasteiger partial charge in [0.2, 0.25) is 0 Å². The Kier molecular flexibility index (Phi) is 5.63. The maximum atomic E-state index is 13.3. The predicted molar refractivity (Wildman–Crippen MR) is 118 cm³/mol. The monoisotopic (exact) mass is 419 g/mol. The van der Waals surface area contributed by atoms with Crippen LogP contribution in [0.15, 0.2) is 66.4 Å². The molecule has 1 amide bonds. The molecular weight excluding hydrogens is 393 g/mol. The van der Waals surface area contributed by atoms with Crippen molar-refractivity contribution >= 4 is 12.2 Å². The number of hydrogen-bond acceptors (Lipinski definition) is 3. The Morgan fingerprint density at radius 1 is 1.23 bits per heavy atom. The number of amides is 1. The average Bonchev–Trinajstić information content (AvgIpc) is 3.16. The number of rotatable bonds is 5. The molecule has 160 valence electrons. The highest BCUT2D eigenvalue weighted by atomic mass is 19.1. The molecule has 0 spiro atoms. The van der Waals surface area contributed by atoms with Crippen molar-refractivity contribution in [1.29, 1.82) is 0 Å². The molecule has 31 heavy (non-hydrogen) atoms. The second-order valence-electron chi connectivity index (χ2n) is 8.31. The normalized spacial score (nSPS) is 18.6. The number of fused-ring (bicyclic) bond motifs is 1. The molecule has 0 saturated carbocycles. The summed E-state index contributed by atoms with van der Waals surface area (Å²) < 4.78 is 20.0. The SMILES string of the molecule is COC(=O)NC(C[C@@]1(C)Cc2cnn(-c3ccc(F)cc3)c2C=C1C)c1ccccc1. The number of nitrogens with one attached hydrogen (secondary N) is 1. The van der Waals surface area contributed by atoms with Crippen molar-refractivity contribution in [2.75, 3.05) is 7.11 Å². The second kappa shape index (κ2) is 8.38. The summed E-state index contributed by atoms with van der Waals surface area (Å²) in [7, 11) is 1.38. The lowest BCUT2D eigenvalue weighted by molar-refractivity contribution is 0.162. The Morgan fingerprint density at radius 2 is 1.94 bits per heavy atom. The van der Waals surface area contributed by atoms with Crippen LogP contribution >= 0.6 is 0 Å². The van der Waals surface area contributed by atoms with Crippen molar-refractivity contribution in [3.05, 3.63) is 89.0 Å². The fourth-order valence-electron chi connectivity index (χ4n) is 4.23. The number of benzene rings is 2. The lowest BCUT2D eigenvalue weighted by Gasteiger charge is -2.37. The molecule has 2 atom stereocenters. The molecule has 1 heterocycles. The van der Waals surface area contributed by atoms with Gasteiger partial charge in [0.15, 0.2) is 0 Å². The van der Waals surface area contributed by atoms with Gasteiger partial charge in [-0.3, -0.25) is 0 Å². The van der Waals surface area contributed by atoms with Crippen molar-refractivity contribution in [3.63, 3.8) is 0 Å². The molecule has 1 unspecified atom stereocenters. The van der Waals surface area contributed by atoms with Gasteiger partial charge in [0.05, 0.1) is 30.7 Å². The van der Waals surface area contributed by atoms with Crippen LogP contribution in [0.5, 0.6) is 0 Å². The van der Waals surface area contributed by atoms with Gasteiger partial charge in [0.1, 0.15) is 5.82 Å². The molecule has 0 fully saturated rings. The topological polar surface area (TPSA) is 56.1 Å². The van der Waals surface area contributed by atoms with E-state index in [4.69, 9.17) is 4.74 Å². The maximum absolute atomic E-state index is 13.3. The van der Waals surface area contributed by atoms with E-state index < -0.39 is 6.09 Å². The predicted octanol–water partition coefficient (Wildman–Crippen LogP) is 5.46. The molecule has 1 N–H and O–H groups in total. The molecular formula is C25H26FN3O2. The maximum Gasteiger partial charge on any atom is 0.407 e. The molecule has 4 rings (SSSR count). The summed E-state index contributed by atoms with van der Waals surface area (Å²) in [5.41, 5.74) is 5.03. The number of carbonyl (C=O) groups is 1. The summed E-state index contributed by atoms with van der Waals surface area (Å²) in [6.45, 7) is 4.33. The first-order valence-corrected chi connectivity index (χ1v) is 10.3. The minimum atomic E-state index is -0.445. The zero-order chi connectivity index (χ0) is 22.0. The van der Waals surface area contributed by atoms with Crippen LogP contribution in [-0.4, -0.2) is 23.0 Å². The molecule has 0 radical (unpaired) electrons. The average molecular weight is 420 g/mol. The van der Waals surface area contributed by atoms with Gasteiger partial charge in [-0.1, -0.05) is 42.8 Å². The number of halogens is 1. The summed E-state index contributed by atoms with van der Waals surface area (Å²) in [6.07, 6.45) is 5.09. The van der Waals surface area contributed by atoms with Gasteiger partial charge in [-0.15, -0.1) is 0 Å². The molecule has 1 aliphatic carbocycles. The van der Waals surface area contributed by atoms with Gasteiger partial charge >= 0.3 is 6.09 Å². The number of carbonyl (C=O) groups excluding carboxylic acids is 1. The summed E-state index contributed by atoms with van der Waals surface area (Å²) in [4.78, 5) is 12.0. The number of aromatic nitrogens is 2. The van der Waals surface area contributed by atoms with Crippen LogP contribution in [0.25, 0.3) is 11.8 Å². The van der Waals surface area contributed by atoms with Gasteiger partial charge in [-0.2, -0.15) is 5.10 Å². The minimum absolute atomic E-state index is 0.175. The van der Waals surface area contributed by atoms with Crippen LogP contribution in [0.1, 0.15) is 43.1 Å². The Balaban J connectivity index is 1.64. The zero-order valence-corrected chi connectivity index (χ0v) is 17.9. The van der Waals surface area contributed by atoms with E-state index in [0.717, 1.165) is 35.3 Å². The van der Waals surface area contributed by atoms with E-state index in [1.807, 2.05) is 41.2 Å². The number of hydrogen-bond donors (Lipinski definition) is 1. The summed E-state index contributed by atoms with van der Waals surface area (Å²) >= 11 is 0. The van der Waals surface area contributed by atoms with Crippen molar-refractivity contribution in [1.82, 2.24) is 15.1 Å². The molecule has 0 saturated heterocycles. The van der Waals surface area contributed by atoms with Crippen molar-refractivity contribution in [2.24, 2.45) is 5.41 Å². The van der Waals surface area contributed by atoms with Gasteiger partial charge < -0.3 is 10.1 Å². The largest absolute Gasteiger partial charge is 0.453 e. The number of ether oxygens (including phenoxy) is 1. The molecule has 1 aromatic heterocycles. The Hall–Kier alpha value is -3.41. The van der Waals surface area contributed by atoms with E-state index in [0.29, 0.717) is 0 Å². The molecule has 2 aromatic carbocycles. The van der Waals surface area contributed by atoms with Gasteiger partial charge in [0, 0.05) is 0 Å². The lowest BCUT2D eigenvalue weighted by atomic mass is 9.69. The van der Waals surface area contributed by atoms with Crippen LogP contribution in [0.4, 0.5) is 9.18 Å². The Morgan fingerprint density at radius 3 is 2.61 bits per heavy atom. The molecule has 0 bridgehead atoms. The summed E-state index contributed by atoms with van der Waals surface area (Å²) in [5, 5.41) is 7.55. The van der Waals surface area contributed by atoms with Gasteiger partial charge in [-0.25, -0.2) is 13.9 Å². The number of nitrogens with zero attached hydrogens (tertiary/aromatic N) is 2. The van der Waals surface area contributed by atoms with E-state index in [1.54, 1.807) is 12.1 Å². The highest BCUT2D eigenvalue weighted by Crippen LogP contribution is 2.44. The molecule has 6 heteroatoms. The van der Waals surface area contributed by atoms with Crippen LogP contribution in [0.3, 0.4) is 0 Å². The summed E-state index contributed by atoms with van der Waals surface area (Å²) in [5.74, 6) is -0.269. The van der Waals surface area contributed by atoms with Crippen molar-refractivity contribution < 1.29 is 13.9 Å². The van der Waals surface area contributed by atoms with Gasteiger partial charge in [-0.05, 0) is 66.6 Å².